The highest BCUT2D eigenvalue weighted by Crippen LogP contribution is 2.39. The summed E-state index contributed by atoms with van der Waals surface area (Å²) in [6.07, 6.45) is 0.713. The van der Waals surface area contributed by atoms with Gasteiger partial charge < -0.3 is 19.5 Å². The Morgan fingerprint density at radius 3 is 2.86 bits per heavy atom. The van der Waals surface area contributed by atoms with Gasteiger partial charge in [-0.05, 0) is 30.0 Å². The molecule has 1 aromatic carbocycles. The van der Waals surface area contributed by atoms with E-state index < -0.39 is 0 Å². The van der Waals surface area contributed by atoms with Crippen LogP contribution in [-0.4, -0.2) is 25.9 Å². The van der Waals surface area contributed by atoms with E-state index in [-0.39, 0.29) is 18.8 Å². The molecule has 0 radical (unpaired) electrons. The molecule has 1 aromatic rings. The van der Waals surface area contributed by atoms with Crippen LogP contribution in [0.4, 0.5) is 0 Å². The summed E-state index contributed by atoms with van der Waals surface area (Å²) in [6.45, 7) is 4.82. The lowest BCUT2D eigenvalue weighted by molar-refractivity contribution is -0.143. The number of carbonyl (C=O) groups excluding carboxylic acids is 1. The number of methoxy groups -OCH3 is 1. The van der Waals surface area contributed by atoms with Gasteiger partial charge in [-0.2, -0.15) is 0 Å². The predicted octanol–water partition coefficient (Wildman–Crippen LogP) is 2.75. The van der Waals surface area contributed by atoms with Gasteiger partial charge >= 0.3 is 5.97 Å². The number of halogens is 1. The molecule has 0 amide bonds. The van der Waals surface area contributed by atoms with Crippen LogP contribution in [0.5, 0.6) is 11.5 Å². The maximum absolute atomic E-state index is 11.8. The molecular weight excluding hydrogens is 294 g/mol. The summed E-state index contributed by atoms with van der Waals surface area (Å²) in [5, 5.41) is 3.72. The topological polar surface area (TPSA) is 56.8 Å². The van der Waals surface area contributed by atoms with Crippen LogP contribution in [0.25, 0.3) is 0 Å². The maximum atomic E-state index is 11.8. The lowest BCUT2D eigenvalue weighted by Gasteiger charge is -2.18. The number of hydrogen-bond acceptors (Lipinski definition) is 5. The van der Waals surface area contributed by atoms with E-state index in [9.17, 15) is 4.79 Å². The summed E-state index contributed by atoms with van der Waals surface area (Å²) in [5.41, 5.74) is 0.932. The van der Waals surface area contributed by atoms with Crippen molar-refractivity contribution in [1.82, 2.24) is 5.32 Å². The van der Waals surface area contributed by atoms with E-state index in [0.717, 1.165) is 5.56 Å². The molecule has 0 aliphatic carbocycles. The largest absolute Gasteiger partial charge is 0.468 e. The molecule has 1 aliphatic rings. The third kappa shape index (κ3) is 4.02. The summed E-state index contributed by atoms with van der Waals surface area (Å²) >= 11 is 6.14. The minimum atomic E-state index is -0.334. The van der Waals surface area contributed by atoms with E-state index in [1.165, 1.54) is 7.11 Å². The molecule has 21 heavy (non-hydrogen) atoms. The van der Waals surface area contributed by atoms with Gasteiger partial charge in [-0.15, -0.1) is 0 Å². The Kier molecular flexibility index (Phi) is 5.31. The van der Waals surface area contributed by atoms with Gasteiger partial charge in [-0.1, -0.05) is 25.4 Å². The number of nitrogens with one attached hydrogen (secondary N) is 1. The molecule has 0 saturated carbocycles. The quantitative estimate of drug-likeness (QED) is 0.818. The number of carbonyl (C=O) groups is 1. The van der Waals surface area contributed by atoms with Gasteiger partial charge in [0.2, 0.25) is 6.79 Å². The van der Waals surface area contributed by atoms with Crippen molar-refractivity contribution in [3.05, 3.63) is 22.7 Å². The van der Waals surface area contributed by atoms with Gasteiger partial charge in [-0.3, -0.25) is 4.79 Å². The van der Waals surface area contributed by atoms with E-state index in [0.29, 0.717) is 35.4 Å². The molecule has 116 valence electrons. The fourth-order valence-corrected chi connectivity index (χ4v) is 2.53. The molecule has 1 atom stereocenters. The van der Waals surface area contributed by atoms with Crippen molar-refractivity contribution >= 4 is 17.6 Å². The fraction of sp³-hybridized carbons (Fsp3) is 0.533. The van der Waals surface area contributed by atoms with Crippen molar-refractivity contribution in [2.24, 2.45) is 5.92 Å². The first kappa shape index (κ1) is 15.9. The van der Waals surface area contributed by atoms with Gasteiger partial charge in [0, 0.05) is 6.54 Å². The second-order valence-electron chi connectivity index (χ2n) is 5.40. The van der Waals surface area contributed by atoms with Crippen LogP contribution in [0.15, 0.2) is 12.1 Å². The van der Waals surface area contributed by atoms with E-state index in [1.54, 1.807) is 0 Å². The Balaban J connectivity index is 2.03. The highest BCUT2D eigenvalue weighted by atomic mass is 35.5. The first-order valence-corrected chi connectivity index (χ1v) is 7.28. The Hall–Kier alpha value is -1.46. The molecule has 1 heterocycles. The second-order valence-corrected chi connectivity index (χ2v) is 5.80. The Morgan fingerprint density at radius 2 is 2.19 bits per heavy atom. The third-order valence-electron chi connectivity index (χ3n) is 3.23. The summed E-state index contributed by atoms with van der Waals surface area (Å²) in [4.78, 5) is 11.8. The van der Waals surface area contributed by atoms with Crippen LogP contribution in [0.2, 0.25) is 5.02 Å². The monoisotopic (exact) mass is 313 g/mol. The Bertz CT molecular complexity index is 519. The standard InChI is InChI=1S/C15H20ClNO4/c1-9(2)4-12(15(18)19-3)17-7-10-5-11(16)14-13(6-10)20-8-21-14/h5-6,9,12,17H,4,7-8H2,1-3H3. The molecule has 0 aromatic heterocycles. The van der Waals surface area contributed by atoms with Gasteiger partial charge in [0.15, 0.2) is 11.5 Å². The van der Waals surface area contributed by atoms with Gasteiger partial charge in [0.25, 0.3) is 0 Å². The number of rotatable bonds is 6. The second kappa shape index (κ2) is 7.00. The van der Waals surface area contributed by atoms with Gasteiger partial charge in [0.1, 0.15) is 6.04 Å². The molecular formula is C15H20ClNO4. The lowest BCUT2D eigenvalue weighted by atomic mass is 10.0. The van der Waals surface area contributed by atoms with Crippen LogP contribution >= 0.6 is 11.6 Å². The minimum Gasteiger partial charge on any atom is -0.468 e. The van der Waals surface area contributed by atoms with E-state index >= 15 is 0 Å². The van der Waals surface area contributed by atoms with Gasteiger partial charge in [-0.25, -0.2) is 0 Å². The van der Waals surface area contributed by atoms with Crippen LogP contribution < -0.4 is 14.8 Å². The highest BCUT2D eigenvalue weighted by Gasteiger charge is 2.21. The van der Waals surface area contributed by atoms with Crippen LogP contribution in [0, 0.1) is 5.92 Å². The van der Waals surface area contributed by atoms with Crippen molar-refractivity contribution in [3.8, 4) is 11.5 Å². The van der Waals surface area contributed by atoms with Crippen molar-refractivity contribution in [1.29, 1.82) is 0 Å². The normalized spacial score (nSPS) is 14.3. The molecule has 1 unspecified atom stereocenters. The molecule has 6 heteroatoms. The minimum absolute atomic E-state index is 0.185. The average Bonchev–Trinajstić information content (AvgIpc) is 2.91. The summed E-state index contributed by atoms with van der Waals surface area (Å²) in [6, 6.07) is 3.34. The summed E-state index contributed by atoms with van der Waals surface area (Å²) in [7, 11) is 1.40. The number of hydrogen-bond donors (Lipinski definition) is 1. The third-order valence-corrected chi connectivity index (χ3v) is 3.51. The number of ether oxygens (including phenoxy) is 3. The maximum Gasteiger partial charge on any atom is 0.322 e. The molecule has 0 spiro atoms. The number of esters is 1. The van der Waals surface area contributed by atoms with Crippen LogP contribution in [0.3, 0.4) is 0 Å². The number of fused-ring (bicyclic) bond motifs is 1. The van der Waals surface area contributed by atoms with Gasteiger partial charge in [0.05, 0.1) is 12.1 Å². The first-order valence-electron chi connectivity index (χ1n) is 6.90. The highest BCUT2D eigenvalue weighted by molar-refractivity contribution is 6.32. The zero-order valence-electron chi connectivity index (χ0n) is 12.4. The zero-order chi connectivity index (χ0) is 15.4. The molecule has 0 fully saturated rings. The fourth-order valence-electron chi connectivity index (χ4n) is 2.24. The van der Waals surface area contributed by atoms with Crippen LogP contribution in [-0.2, 0) is 16.1 Å². The molecule has 1 aliphatic heterocycles. The molecule has 1 N–H and O–H groups in total. The number of benzene rings is 1. The smallest absolute Gasteiger partial charge is 0.322 e. The lowest BCUT2D eigenvalue weighted by Crippen LogP contribution is -2.38. The Labute approximate surface area is 129 Å². The summed E-state index contributed by atoms with van der Waals surface area (Å²) in [5.74, 6) is 1.35. The molecule has 5 nitrogen and oxygen atoms in total. The predicted molar refractivity (Wildman–Crippen MR) is 79.7 cm³/mol. The van der Waals surface area contributed by atoms with Crippen molar-refractivity contribution in [2.45, 2.75) is 32.9 Å². The summed E-state index contributed by atoms with van der Waals surface area (Å²) < 4.78 is 15.4. The average molecular weight is 314 g/mol. The molecule has 0 bridgehead atoms. The van der Waals surface area contributed by atoms with E-state index in [4.69, 9.17) is 25.8 Å². The van der Waals surface area contributed by atoms with E-state index in [1.807, 2.05) is 12.1 Å². The Morgan fingerprint density at radius 1 is 1.43 bits per heavy atom. The molecule has 0 saturated heterocycles. The molecule has 2 rings (SSSR count). The van der Waals surface area contributed by atoms with Crippen molar-refractivity contribution in [2.75, 3.05) is 13.9 Å². The zero-order valence-corrected chi connectivity index (χ0v) is 13.2. The van der Waals surface area contributed by atoms with Crippen molar-refractivity contribution in [3.63, 3.8) is 0 Å². The van der Waals surface area contributed by atoms with E-state index in [2.05, 4.69) is 19.2 Å². The first-order chi connectivity index (χ1) is 10.0. The SMILES string of the molecule is COC(=O)C(CC(C)C)NCc1cc(Cl)c2c(c1)OCO2. The van der Waals surface area contributed by atoms with Crippen molar-refractivity contribution < 1.29 is 19.0 Å². The van der Waals surface area contributed by atoms with Crippen LogP contribution in [0.1, 0.15) is 25.8 Å².